The highest BCUT2D eigenvalue weighted by Crippen LogP contribution is 2.15. The van der Waals surface area contributed by atoms with E-state index in [0.29, 0.717) is 6.61 Å². The summed E-state index contributed by atoms with van der Waals surface area (Å²) in [6.07, 6.45) is 5.19. The molecule has 1 aromatic rings. The van der Waals surface area contributed by atoms with Crippen LogP contribution in [0.1, 0.15) is 38.2 Å². The van der Waals surface area contributed by atoms with Gasteiger partial charge in [0.15, 0.2) is 0 Å². The Balaban J connectivity index is 2.34. The van der Waals surface area contributed by atoms with Crippen LogP contribution in [0.2, 0.25) is 0 Å². The first-order valence-electron chi connectivity index (χ1n) is 6.19. The Hall–Kier alpha value is -1.02. The van der Waals surface area contributed by atoms with E-state index < -0.39 is 0 Å². The summed E-state index contributed by atoms with van der Waals surface area (Å²) < 4.78 is 5.17. The Labute approximate surface area is 99.0 Å². The minimum atomic E-state index is 0.679. The fourth-order valence-electron chi connectivity index (χ4n) is 1.75. The van der Waals surface area contributed by atoms with Gasteiger partial charge in [-0.15, -0.1) is 0 Å². The maximum Gasteiger partial charge on any atom is 0.0733 e. The van der Waals surface area contributed by atoms with Crippen molar-refractivity contribution in [3.8, 4) is 0 Å². The Morgan fingerprint density at radius 3 is 2.69 bits per heavy atom. The third-order valence-electron chi connectivity index (χ3n) is 2.66. The Bertz CT molecular complexity index is 286. The number of hydrogen-bond donors (Lipinski definition) is 1. The fourth-order valence-corrected chi connectivity index (χ4v) is 1.75. The number of hydrogen-bond acceptors (Lipinski definition) is 2. The van der Waals surface area contributed by atoms with Crippen LogP contribution in [-0.2, 0) is 11.3 Å². The minimum absolute atomic E-state index is 0.679. The van der Waals surface area contributed by atoms with Crippen LogP contribution >= 0.6 is 0 Å². The molecule has 0 saturated carbocycles. The first-order valence-corrected chi connectivity index (χ1v) is 6.19. The molecule has 0 heterocycles. The summed E-state index contributed by atoms with van der Waals surface area (Å²) in [5, 5.41) is 3.48. The van der Waals surface area contributed by atoms with Gasteiger partial charge in [-0.05, 0) is 12.5 Å². The van der Waals surface area contributed by atoms with Gasteiger partial charge in [0.25, 0.3) is 0 Å². The van der Waals surface area contributed by atoms with Gasteiger partial charge in [-0.25, -0.2) is 0 Å². The number of anilines is 1. The van der Waals surface area contributed by atoms with Gasteiger partial charge in [-0.1, -0.05) is 44.4 Å². The van der Waals surface area contributed by atoms with Crippen LogP contribution in [0.25, 0.3) is 0 Å². The molecule has 2 heteroatoms. The summed E-state index contributed by atoms with van der Waals surface area (Å²) in [7, 11) is 1.73. The van der Waals surface area contributed by atoms with Gasteiger partial charge in [-0.2, -0.15) is 0 Å². The van der Waals surface area contributed by atoms with Crippen molar-refractivity contribution in [2.24, 2.45) is 0 Å². The number of para-hydroxylation sites is 1. The highest BCUT2D eigenvalue weighted by molar-refractivity contribution is 5.50. The highest BCUT2D eigenvalue weighted by Gasteiger charge is 1.99. The average molecular weight is 221 g/mol. The molecular formula is C14H23NO. The molecule has 1 N–H and O–H groups in total. The summed E-state index contributed by atoms with van der Waals surface area (Å²) in [6, 6.07) is 8.34. The molecular weight excluding hydrogens is 198 g/mol. The van der Waals surface area contributed by atoms with Crippen molar-refractivity contribution in [2.45, 2.75) is 39.2 Å². The minimum Gasteiger partial charge on any atom is -0.385 e. The number of benzene rings is 1. The van der Waals surface area contributed by atoms with Crippen molar-refractivity contribution in [3.63, 3.8) is 0 Å². The van der Waals surface area contributed by atoms with Crippen LogP contribution in [0.15, 0.2) is 24.3 Å². The molecule has 0 unspecified atom stereocenters. The number of unbranched alkanes of at least 4 members (excludes halogenated alkanes) is 3. The predicted octanol–water partition coefficient (Wildman–Crippen LogP) is 3.83. The van der Waals surface area contributed by atoms with E-state index in [9.17, 15) is 0 Å². The van der Waals surface area contributed by atoms with E-state index in [1.807, 2.05) is 0 Å². The average Bonchev–Trinajstić information content (AvgIpc) is 2.31. The second kappa shape index (κ2) is 8.17. The van der Waals surface area contributed by atoms with Gasteiger partial charge in [0.2, 0.25) is 0 Å². The summed E-state index contributed by atoms with van der Waals surface area (Å²) >= 11 is 0. The molecule has 0 atom stereocenters. The van der Waals surface area contributed by atoms with Crippen molar-refractivity contribution in [2.75, 3.05) is 19.0 Å². The largest absolute Gasteiger partial charge is 0.385 e. The summed E-state index contributed by atoms with van der Waals surface area (Å²) in [5.41, 5.74) is 2.45. The molecule has 0 fully saturated rings. The maximum absolute atomic E-state index is 5.17. The molecule has 2 nitrogen and oxygen atoms in total. The van der Waals surface area contributed by atoms with Crippen molar-refractivity contribution in [3.05, 3.63) is 29.8 Å². The smallest absolute Gasteiger partial charge is 0.0733 e. The standard InChI is InChI=1S/C14H23NO/c1-3-4-5-8-11-15-14-10-7-6-9-13(14)12-16-2/h6-7,9-10,15H,3-5,8,11-12H2,1-2H3. The van der Waals surface area contributed by atoms with Crippen LogP contribution in [0, 0.1) is 0 Å². The lowest BCUT2D eigenvalue weighted by Crippen LogP contribution is -2.04. The highest BCUT2D eigenvalue weighted by atomic mass is 16.5. The van der Waals surface area contributed by atoms with Gasteiger partial charge in [0.05, 0.1) is 6.61 Å². The zero-order chi connectivity index (χ0) is 11.6. The molecule has 0 amide bonds. The van der Waals surface area contributed by atoms with Gasteiger partial charge in [-0.3, -0.25) is 0 Å². The van der Waals surface area contributed by atoms with Gasteiger partial charge < -0.3 is 10.1 Å². The van der Waals surface area contributed by atoms with E-state index in [-0.39, 0.29) is 0 Å². The molecule has 0 aliphatic rings. The van der Waals surface area contributed by atoms with Crippen molar-refractivity contribution < 1.29 is 4.74 Å². The fraction of sp³-hybridized carbons (Fsp3) is 0.571. The quantitative estimate of drug-likeness (QED) is 0.674. The molecule has 1 rings (SSSR count). The van der Waals surface area contributed by atoms with Crippen molar-refractivity contribution >= 4 is 5.69 Å². The van der Waals surface area contributed by atoms with Crippen molar-refractivity contribution in [1.29, 1.82) is 0 Å². The first-order chi connectivity index (χ1) is 7.88. The van der Waals surface area contributed by atoms with Crippen LogP contribution in [0.4, 0.5) is 5.69 Å². The van der Waals surface area contributed by atoms with E-state index in [1.54, 1.807) is 7.11 Å². The van der Waals surface area contributed by atoms with Gasteiger partial charge >= 0.3 is 0 Å². The number of rotatable bonds is 8. The van der Waals surface area contributed by atoms with Crippen LogP contribution in [-0.4, -0.2) is 13.7 Å². The molecule has 0 radical (unpaired) electrons. The number of ether oxygens (including phenoxy) is 1. The van der Waals surface area contributed by atoms with Gasteiger partial charge in [0, 0.05) is 24.9 Å². The second-order valence-electron chi connectivity index (χ2n) is 4.08. The molecule has 90 valence electrons. The van der Waals surface area contributed by atoms with Gasteiger partial charge in [0.1, 0.15) is 0 Å². The molecule has 0 bridgehead atoms. The SMILES string of the molecule is CCCCCCNc1ccccc1COC. The van der Waals surface area contributed by atoms with Crippen LogP contribution in [0.3, 0.4) is 0 Å². The topological polar surface area (TPSA) is 21.3 Å². The normalized spacial score (nSPS) is 10.4. The molecule has 0 aromatic heterocycles. The third-order valence-corrected chi connectivity index (χ3v) is 2.66. The number of nitrogens with one attached hydrogen (secondary N) is 1. The molecule has 0 aliphatic heterocycles. The maximum atomic E-state index is 5.17. The van der Waals surface area contributed by atoms with Crippen molar-refractivity contribution in [1.82, 2.24) is 0 Å². The Morgan fingerprint density at radius 1 is 1.12 bits per heavy atom. The lowest BCUT2D eigenvalue weighted by molar-refractivity contribution is 0.185. The predicted molar refractivity (Wildman–Crippen MR) is 69.8 cm³/mol. The zero-order valence-corrected chi connectivity index (χ0v) is 10.5. The molecule has 0 aliphatic carbocycles. The van der Waals surface area contributed by atoms with E-state index >= 15 is 0 Å². The zero-order valence-electron chi connectivity index (χ0n) is 10.5. The summed E-state index contributed by atoms with van der Waals surface area (Å²) in [5.74, 6) is 0. The Kier molecular flexibility index (Phi) is 6.66. The first kappa shape index (κ1) is 13.0. The summed E-state index contributed by atoms with van der Waals surface area (Å²) in [4.78, 5) is 0. The van der Waals surface area contributed by atoms with Crippen LogP contribution in [0.5, 0.6) is 0 Å². The lowest BCUT2D eigenvalue weighted by Gasteiger charge is -2.11. The monoisotopic (exact) mass is 221 g/mol. The Morgan fingerprint density at radius 2 is 1.94 bits per heavy atom. The molecule has 0 saturated heterocycles. The van der Waals surface area contributed by atoms with E-state index in [1.165, 1.54) is 36.9 Å². The number of methoxy groups -OCH3 is 1. The van der Waals surface area contributed by atoms with E-state index in [0.717, 1.165) is 6.54 Å². The third kappa shape index (κ3) is 4.67. The second-order valence-corrected chi connectivity index (χ2v) is 4.08. The summed E-state index contributed by atoms with van der Waals surface area (Å²) in [6.45, 7) is 3.97. The van der Waals surface area contributed by atoms with Crippen LogP contribution < -0.4 is 5.32 Å². The molecule has 0 spiro atoms. The lowest BCUT2D eigenvalue weighted by atomic mass is 10.1. The molecule has 1 aromatic carbocycles. The molecule has 16 heavy (non-hydrogen) atoms. The van der Waals surface area contributed by atoms with E-state index in [2.05, 4.69) is 36.5 Å². The van der Waals surface area contributed by atoms with E-state index in [4.69, 9.17) is 4.74 Å².